The Morgan fingerprint density at radius 2 is 1.80 bits per heavy atom. The molecule has 20 heavy (non-hydrogen) atoms. The molecule has 1 aromatic rings. The van der Waals surface area contributed by atoms with E-state index in [4.69, 9.17) is 9.84 Å². The first-order valence-electron chi connectivity index (χ1n) is 5.69. The summed E-state index contributed by atoms with van der Waals surface area (Å²) < 4.78 is 4.84. The fraction of sp³-hybridized carbons (Fsp3) is 0.308. The quantitative estimate of drug-likeness (QED) is 0.831. The second kappa shape index (κ2) is 9.80. The molecule has 1 rings (SSSR count). The summed E-state index contributed by atoms with van der Waals surface area (Å²) in [7, 11) is 0. The molecular weight excluding hydrogens is 286 g/mol. The zero-order chi connectivity index (χ0) is 15.5. The molecule has 0 spiro atoms. The van der Waals surface area contributed by atoms with Crippen LogP contribution in [0.2, 0.25) is 0 Å². The van der Waals surface area contributed by atoms with Crippen LogP contribution in [-0.2, 0) is 20.9 Å². The first kappa shape index (κ1) is 17.9. The zero-order valence-corrected chi connectivity index (χ0v) is 11.9. The van der Waals surface area contributed by atoms with Crippen LogP contribution < -0.4 is 5.32 Å². The molecule has 6 nitrogen and oxygen atoms in total. The maximum atomic E-state index is 11.1. The molecule has 0 aliphatic heterocycles. The number of carbonyl (C=O) groups excluding carboxylic acids is 2. The van der Waals surface area contributed by atoms with Gasteiger partial charge in [0, 0.05) is 6.92 Å². The van der Waals surface area contributed by atoms with Crippen molar-refractivity contribution < 1.29 is 24.2 Å². The minimum atomic E-state index is -1.10. The second-order valence-corrected chi connectivity index (χ2v) is 4.27. The highest BCUT2D eigenvalue weighted by Gasteiger charge is 2.14. The fourth-order valence-electron chi connectivity index (χ4n) is 1.00. The van der Waals surface area contributed by atoms with E-state index in [1.807, 2.05) is 30.3 Å². The molecule has 7 heteroatoms. The van der Waals surface area contributed by atoms with Crippen molar-refractivity contribution in [3.8, 4) is 0 Å². The number of carboxylic acid groups (broad SMARTS) is 1. The number of hydrogen-bond donors (Lipinski definition) is 2. The third kappa shape index (κ3) is 9.90. The number of rotatable bonds is 4. The van der Waals surface area contributed by atoms with Gasteiger partial charge in [-0.3, -0.25) is 9.59 Å². The van der Waals surface area contributed by atoms with Crippen molar-refractivity contribution in [3.05, 3.63) is 35.9 Å². The number of carbonyl (C=O) groups is 3. The number of halogens is 1. The Hall–Kier alpha value is -2.08. The van der Waals surface area contributed by atoms with Gasteiger partial charge < -0.3 is 15.2 Å². The van der Waals surface area contributed by atoms with Crippen LogP contribution in [0.3, 0.4) is 0 Å². The van der Waals surface area contributed by atoms with Gasteiger partial charge in [0.1, 0.15) is 12.6 Å². The third-order valence-corrected chi connectivity index (χ3v) is 1.92. The number of alkyl carbamates (subject to hydrolysis) is 1. The molecule has 1 amide bonds. The minimum Gasteiger partial charge on any atom is -0.480 e. The van der Waals surface area contributed by atoms with E-state index in [1.165, 1.54) is 13.8 Å². The van der Waals surface area contributed by atoms with Gasteiger partial charge in [-0.15, -0.1) is 0 Å². The highest BCUT2D eigenvalue weighted by molar-refractivity contribution is 6.62. The molecular formula is C13H16ClNO5. The predicted molar refractivity (Wildman–Crippen MR) is 73.4 cm³/mol. The molecule has 0 saturated heterocycles. The lowest BCUT2D eigenvalue weighted by molar-refractivity contribution is -0.138. The van der Waals surface area contributed by atoms with Crippen molar-refractivity contribution in [2.75, 3.05) is 0 Å². The van der Waals surface area contributed by atoms with Gasteiger partial charge in [-0.05, 0) is 24.1 Å². The van der Waals surface area contributed by atoms with E-state index in [9.17, 15) is 14.4 Å². The molecule has 2 N–H and O–H groups in total. The lowest BCUT2D eigenvalue weighted by atomic mass is 10.2. The Morgan fingerprint density at radius 3 is 2.25 bits per heavy atom. The topological polar surface area (TPSA) is 92.7 Å². The molecule has 0 saturated carbocycles. The molecule has 0 radical (unpaired) electrons. The largest absolute Gasteiger partial charge is 0.480 e. The van der Waals surface area contributed by atoms with Gasteiger partial charge in [0.25, 0.3) is 0 Å². The average Bonchev–Trinajstić information content (AvgIpc) is 2.36. The first-order chi connectivity index (χ1) is 9.32. The van der Waals surface area contributed by atoms with E-state index in [1.54, 1.807) is 0 Å². The number of amides is 1. The molecule has 0 aromatic heterocycles. The molecule has 1 unspecified atom stereocenters. The summed E-state index contributed by atoms with van der Waals surface area (Å²) in [5.41, 5.74) is 0.848. The summed E-state index contributed by atoms with van der Waals surface area (Å²) in [6.45, 7) is 2.78. The summed E-state index contributed by atoms with van der Waals surface area (Å²) in [4.78, 5) is 30.8. The lowest BCUT2D eigenvalue weighted by Crippen LogP contribution is -2.38. The molecule has 0 fully saturated rings. The molecule has 0 aliphatic rings. The molecule has 1 atom stereocenters. The van der Waals surface area contributed by atoms with Crippen LogP contribution in [-0.4, -0.2) is 28.5 Å². The number of benzene rings is 1. The van der Waals surface area contributed by atoms with Crippen molar-refractivity contribution in [3.63, 3.8) is 0 Å². The standard InChI is InChI=1S/C11H13NO4.C2H3ClO/c1-8(10(13)14)12-11(15)16-7-9-5-3-2-4-6-9;1-2(3)4/h2-6,8H,7H2,1H3,(H,12,15)(H,13,14);1H3. The Kier molecular flexibility index (Phi) is 8.78. The van der Waals surface area contributed by atoms with Crippen molar-refractivity contribution in [1.82, 2.24) is 5.32 Å². The predicted octanol–water partition coefficient (Wildman–Crippen LogP) is 2.16. The van der Waals surface area contributed by atoms with Gasteiger partial charge in [0.15, 0.2) is 0 Å². The van der Waals surface area contributed by atoms with E-state index in [2.05, 4.69) is 16.9 Å². The second-order valence-electron chi connectivity index (χ2n) is 3.74. The van der Waals surface area contributed by atoms with Gasteiger partial charge >= 0.3 is 12.1 Å². The van der Waals surface area contributed by atoms with E-state index in [0.717, 1.165) is 5.56 Å². The summed E-state index contributed by atoms with van der Waals surface area (Å²) in [6.07, 6.45) is -0.737. The molecule has 0 heterocycles. The number of ether oxygens (including phenoxy) is 1. The lowest BCUT2D eigenvalue weighted by Gasteiger charge is -2.09. The van der Waals surface area contributed by atoms with Crippen LogP contribution in [0.5, 0.6) is 0 Å². The normalized spacial score (nSPS) is 10.6. The number of hydrogen-bond acceptors (Lipinski definition) is 4. The highest BCUT2D eigenvalue weighted by Crippen LogP contribution is 2.00. The monoisotopic (exact) mass is 301 g/mol. The van der Waals surface area contributed by atoms with E-state index in [-0.39, 0.29) is 11.8 Å². The third-order valence-electron chi connectivity index (χ3n) is 1.92. The molecule has 110 valence electrons. The van der Waals surface area contributed by atoms with E-state index < -0.39 is 18.1 Å². The maximum absolute atomic E-state index is 11.1. The highest BCUT2D eigenvalue weighted by atomic mass is 35.5. The average molecular weight is 302 g/mol. The van der Waals surface area contributed by atoms with Crippen molar-refractivity contribution in [2.24, 2.45) is 0 Å². The van der Waals surface area contributed by atoms with Crippen LogP contribution in [0.1, 0.15) is 19.4 Å². The minimum absolute atomic E-state index is 0.124. The summed E-state index contributed by atoms with van der Waals surface area (Å²) in [5.74, 6) is -1.10. The van der Waals surface area contributed by atoms with Crippen molar-refractivity contribution in [1.29, 1.82) is 0 Å². The Bertz CT molecular complexity index is 445. The van der Waals surface area contributed by atoms with Crippen LogP contribution >= 0.6 is 11.6 Å². The van der Waals surface area contributed by atoms with Gasteiger partial charge in [-0.2, -0.15) is 0 Å². The van der Waals surface area contributed by atoms with Gasteiger partial charge in [-0.25, -0.2) is 4.79 Å². The Morgan fingerprint density at radius 1 is 1.30 bits per heavy atom. The number of aliphatic carboxylic acids is 1. The first-order valence-corrected chi connectivity index (χ1v) is 6.06. The van der Waals surface area contributed by atoms with Gasteiger partial charge in [0.2, 0.25) is 5.24 Å². The summed E-state index contributed by atoms with van der Waals surface area (Å²) >= 11 is 4.64. The van der Waals surface area contributed by atoms with Gasteiger partial charge in [-0.1, -0.05) is 30.3 Å². The van der Waals surface area contributed by atoms with Crippen LogP contribution in [0.15, 0.2) is 30.3 Å². The van der Waals surface area contributed by atoms with Crippen LogP contribution in [0, 0.1) is 0 Å². The zero-order valence-electron chi connectivity index (χ0n) is 11.1. The van der Waals surface area contributed by atoms with Crippen LogP contribution in [0.25, 0.3) is 0 Å². The number of nitrogens with one attached hydrogen (secondary N) is 1. The fourth-order valence-corrected chi connectivity index (χ4v) is 1.00. The maximum Gasteiger partial charge on any atom is 0.408 e. The van der Waals surface area contributed by atoms with E-state index in [0.29, 0.717) is 0 Å². The number of carboxylic acids is 1. The van der Waals surface area contributed by atoms with Crippen molar-refractivity contribution in [2.45, 2.75) is 26.5 Å². The molecule has 0 aliphatic carbocycles. The van der Waals surface area contributed by atoms with Gasteiger partial charge in [0.05, 0.1) is 0 Å². The summed E-state index contributed by atoms with van der Waals surface area (Å²) in [5, 5.41) is 10.4. The summed E-state index contributed by atoms with van der Waals surface area (Å²) in [6, 6.07) is 8.19. The van der Waals surface area contributed by atoms with Crippen molar-refractivity contribution >= 4 is 28.9 Å². The molecule has 1 aromatic carbocycles. The SMILES string of the molecule is CC(=O)Cl.CC(NC(=O)OCc1ccccc1)C(=O)O. The molecule has 0 bridgehead atoms. The Balaban J connectivity index is 0.000000796. The Labute approximate surface area is 121 Å². The smallest absolute Gasteiger partial charge is 0.408 e. The van der Waals surface area contributed by atoms with E-state index >= 15 is 0 Å². The van der Waals surface area contributed by atoms with Crippen LogP contribution in [0.4, 0.5) is 4.79 Å².